The highest BCUT2D eigenvalue weighted by Gasteiger charge is 2.25. The van der Waals surface area contributed by atoms with Gasteiger partial charge in [0, 0.05) is 33.2 Å². The fourth-order valence-electron chi connectivity index (χ4n) is 2.60. The molecule has 3 N–H and O–H groups in total. The van der Waals surface area contributed by atoms with Crippen LogP contribution in [0.4, 0.5) is 17.8 Å². The maximum absolute atomic E-state index is 5.49. The minimum Gasteiger partial charge on any atom is -0.347 e. The van der Waals surface area contributed by atoms with Crippen LogP contribution in [-0.2, 0) is 0 Å². The molecule has 1 unspecified atom stereocenters. The van der Waals surface area contributed by atoms with Crippen LogP contribution in [-0.4, -0.2) is 66.7 Å². The average Bonchev–Trinajstić information content (AvgIpc) is 2.67. The fraction of sp³-hybridized carbons (Fsp3) is 0.769. The van der Waals surface area contributed by atoms with E-state index in [1.54, 1.807) is 0 Å². The van der Waals surface area contributed by atoms with Gasteiger partial charge in [-0.3, -0.25) is 5.43 Å². The third-order valence-corrected chi connectivity index (χ3v) is 3.77. The van der Waals surface area contributed by atoms with E-state index in [1.807, 2.05) is 19.0 Å². The van der Waals surface area contributed by atoms with Crippen LogP contribution in [0, 0.1) is 0 Å². The number of hydrogen-bond donors (Lipinski definition) is 2. The highest BCUT2D eigenvalue weighted by molar-refractivity contribution is 5.45. The van der Waals surface area contributed by atoms with Gasteiger partial charge in [0.15, 0.2) is 0 Å². The zero-order valence-corrected chi connectivity index (χ0v) is 13.4. The Morgan fingerprint density at radius 1 is 1.29 bits per heavy atom. The summed E-state index contributed by atoms with van der Waals surface area (Å²) >= 11 is 0. The number of nitrogens with two attached hydrogens (primary N) is 1. The Morgan fingerprint density at radius 2 is 2.05 bits per heavy atom. The van der Waals surface area contributed by atoms with E-state index in [-0.39, 0.29) is 0 Å². The predicted molar refractivity (Wildman–Crippen MR) is 85.5 cm³/mol. The van der Waals surface area contributed by atoms with Gasteiger partial charge < -0.3 is 14.7 Å². The summed E-state index contributed by atoms with van der Waals surface area (Å²) in [7, 11) is 5.98. The summed E-state index contributed by atoms with van der Waals surface area (Å²) < 4.78 is 0. The SMILES string of the molecule is CCC1CN(C)CCCN1c1nc(NN)nc(N(C)C)n1. The lowest BCUT2D eigenvalue weighted by molar-refractivity contribution is 0.327. The van der Waals surface area contributed by atoms with E-state index in [2.05, 4.69) is 44.1 Å². The van der Waals surface area contributed by atoms with Crippen LogP contribution in [0.1, 0.15) is 19.8 Å². The van der Waals surface area contributed by atoms with E-state index in [4.69, 9.17) is 5.84 Å². The summed E-state index contributed by atoms with van der Waals surface area (Å²) in [6.45, 7) is 5.27. The minimum atomic E-state index is 0.399. The first-order chi connectivity index (χ1) is 10.0. The molecule has 1 fully saturated rings. The summed E-state index contributed by atoms with van der Waals surface area (Å²) in [6, 6.07) is 0.403. The van der Waals surface area contributed by atoms with Crippen molar-refractivity contribution in [3.05, 3.63) is 0 Å². The maximum atomic E-state index is 5.49. The van der Waals surface area contributed by atoms with Crippen molar-refractivity contribution in [3.63, 3.8) is 0 Å². The van der Waals surface area contributed by atoms with Crippen LogP contribution in [0.2, 0.25) is 0 Å². The Bertz CT molecular complexity index is 463. The Kier molecular flexibility index (Phi) is 5.13. The minimum absolute atomic E-state index is 0.399. The lowest BCUT2D eigenvalue weighted by Crippen LogP contribution is -2.41. The van der Waals surface area contributed by atoms with Crippen molar-refractivity contribution in [1.29, 1.82) is 0 Å². The molecule has 1 saturated heterocycles. The number of hydrazine groups is 1. The first kappa shape index (κ1) is 15.7. The number of anilines is 3. The largest absolute Gasteiger partial charge is 0.347 e. The first-order valence-corrected chi connectivity index (χ1v) is 7.40. The van der Waals surface area contributed by atoms with Gasteiger partial charge in [-0.25, -0.2) is 5.84 Å². The second-order valence-corrected chi connectivity index (χ2v) is 5.67. The average molecular weight is 294 g/mol. The molecule has 2 heterocycles. The van der Waals surface area contributed by atoms with Crippen LogP contribution >= 0.6 is 0 Å². The first-order valence-electron chi connectivity index (χ1n) is 7.40. The smallest absolute Gasteiger partial charge is 0.243 e. The second-order valence-electron chi connectivity index (χ2n) is 5.67. The van der Waals surface area contributed by atoms with E-state index in [0.717, 1.165) is 32.5 Å². The van der Waals surface area contributed by atoms with E-state index in [9.17, 15) is 0 Å². The van der Waals surface area contributed by atoms with Gasteiger partial charge >= 0.3 is 0 Å². The molecule has 8 nitrogen and oxygen atoms in total. The van der Waals surface area contributed by atoms with Crippen molar-refractivity contribution in [2.45, 2.75) is 25.8 Å². The number of likely N-dealkylation sites (N-methyl/N-ethyl adjacent to an activating group) is 1. The lowest BCUT2D eigenvalue weighted by Gasteiger charge is -2.30. The van der Waals surface area contributed by atoms with Crippen LogP contribution in [0.3, 0.4) is 0 Å². The molecular formula is C13H26N8. The standard InChI is InChI=1S/C13H26N8/c1-5-10-9-20(4)7-6-8-21(10)13-16-11(18-14)15-12(17-13)19(2)3/h10H,5-9,14H2,1-4H3,(H,15,16,17,18). The maximum Gasteiger partial charge on any atom is 0.243 e. The molecule has 1 atom stereocenters. The molecule has 0 radical (unpaired) electrons. The van der Waals surface area contributed by atoms with E-state index < -0.39 is 0 Å². The van der Waals surface area contributed by atoms with Gasteiger partial charge in [0.25, 0.3) is 0 Å². The van der Waals surface area contributed by atoms with E-state index in [1.165, 1.54) is 0 Å². The van der Waals surface area contributed by atoms with E-state index >= 15 is 0 Å². The molecule has 118 valence electrons. The number of nitrogen functional groups attached to an aromatic ring is 1. The number of aromatic nitrogens is 3. The third kappa shape index (κ3) is 3.70. The predicted octanol–water partition coefficient (Wildman–Crippen LogP) is 0.144. The summed E-state index contributed by atoms with van der Waals surface area (Å²) in [5, 5.41) is 0. The lowest BCUT2D eigenvalue weighted by atomic mass is 10.2. The number of hydrogen-bond acceptors (Lipinski definition) is 8. The van der Waals surface area contributed by atoms with Crippen molar-refractivity contribution >= 4 is 17.8 Å². The quantitative estimate of drug-likeness (QED) is 0.599. The monoisotopic (exact) mass is 294 g/mol. The van der Waals surface area contributed by atoms with Gasteiger partial charge in [-0.05, 0) is 26.4 Å². The zero-order valence-electron chi connectivity index (χ0n) is 13.4. The van der Waals surface area contributed by atoms with Gasteiger partial charge in [0.1, 0.15) is 0 Å². The van der Waals surface area contributed by atoms with Crippen LogP contribution in [0.5, 0.6) is 0 Å². The second kappa shape index (κ2) is 6.86. The van der Waals surface area contributed by atoms with Crippen molar-refractivity contribution in [2.24, 2.45) is 5.84 Å². The number of nitrogens with zero attached hydrogens (tertiary/aromatic N) is 6. The summed E-state index contributed by atoms with van der Waals surface area (Å²) in [6.07, 6.45) is 2.15. The molecule has 0 spiro atoms. The molecule has 0 aromatic carbocycles. The van der Waals surface area contributed by atoms with Gasteiger partial charge in [-0.15, -0.1) is 0 Å². The Morgan fingerprint density at radius 3 is 2.67 bits per heavy atom. The molecular weight excluding hydrogens is 268 g/mol. The summed E-state index contributed by atoms with van der Waals surface area (Å²) in [5.74, 6) is 7.20. The topological polar surface area (TPSA) is 86.4 Å². The highest BCUT2D eigenvalue weighted by atomic mass is 15.4. The summed E-state index contributed by atoms with van der Waals surface area (Å²) in [5.41, 5.74) is 2.53. The van der Waals surface area contributed by atoms with Crippen molar-refractivity contribution in [1.82, 2.24) is 19.9 Å². The Labute approximate surface area is 126 Å². The third-order valence-electron chi connectivity index (χ3n) is 3.77. The zero-order chi connectivity index (χ0) is 15.4. The molecule has 0 amide bonds. The number of nitrogens with one attached hydrogen (secondary N) is 1. The molecule has 1 aliphatic heterocycles. The van der Waals surface area contributed by atoms with Crippen LogP contribution in [0.25, 0.3) is 0 Å². The molecule has 0 aliphatic carbocycles. The molecule has 8 heteroatoms. The van der Waals surface area contributed by atoms with E-state index in [0.29, 0.717) is 23.9 Å². The molecule has 1 aromatic rings. The molecule has 0 bridgehead atoms. The molecule has 2 rings (SSSR count). The van der Waals surface area contributed by atoms with Crippen molar-refractivity contribution in [3.8, 4) is 0 Å². The summed E-state index contributed by atoms with van der Waals surface area (Å²) in [4.78, 5) is 19.8. The van der Waals surface area contributed by atoms with Crippen LogP contribution in [0.15, 0.2) is 0 Å². The molecule has 21 heavy (non-hydrogen) atoms. The molecule has 1 aromatic heterocycles. The highest BCUT2D eigenvalue weighted by Crippen LogP contribution is 2.21. The molecule has 1 aliphatic rings. The van der Waals surface area contributed by atoms with Crippen molar-refractivity contribution in [2.75, 3.05) is 56.0 Å². The Hall–Kier alpha value is -1.67. The molecule has 0 saturated carbocycles. The Balaban J connectivity index is 2.35. The van der Waals surface area contributed by atoms with Crippen molar-refractivity contribution < 1.29 is 0 Å². The number of rotatable bonds is 4. The van der Waals surface area contributed by atoms with Gasteiger partial charge in [0.2, 0.25) is 17.8 Å². The van der Waals surface area contributed by atoms with Gasteiger partial charge in [-0.1, -0.05) is 6.92 Å². The van der Waals surface area contributed by atoms with Crippen LogP contribution < -0.4 is 21.1 Å². The van der Waals surface area contributed by atoms with Gasteiger partial charge in [-0.2, -0.15) is 15.0 Å². The normalized spacial score (nSPS) is 20.2. The fourth-order valence-corrected chi connectivity index (χ4v) is 2.60. The van der Waals surface area contributed by atoms with Gasteiger partial charge in [0.05, 0.1) is 0 Å².